The van der Waals surface area contributed by atoms with Gasteiger partial charge in [-0.25, -0.2) is 0 Å². The van der Waals surface area contributed by atoms with Crippen molar-refractivity contribution < 1.29 is 9.21 Å². The van der Waals surface area contributed by atoms with Crippen LogP contribution in [0.15, 0.2) is 59.0 Å². The van der Waals surface area contributed by atoms with Gasteiger partial charge in [-0.2, -0.15) is 0 Å². The summed E-state index contributed by atoms with van der Waals surface area (Å²) < 4.78 is 5.85. The van der Waals surface area contributed by atoms with Crippen molar-refractivity contribution >= 4 is 22.6 Å². The SMILES string of the molecule is NC(=O)C1CCCN1Cc1cccc(NCc2cc3ccccc3o2)c1. The molecule has 134 valence electrons. The number of carbonyl (C=O) groups excluding carboxylic acids is 1. The monoisotopic (exact) mass is 349 g/mol. The first kappa shape index (κ1) is 16.7. The van der Waals surface area contributed by atoms with E-state index in [-0.39, 0.29) is 11.9 Å². The highest BCUT2D eigenvalue weighted by molar-refractivity contribution is 5.80. The molecule has 1 fully saturated rings. The van der Waals surface area contributed by atoms with Crippen molar-refractivity contribution in [2.24, 2.45) is 5.73 Å². The van der Waals surface area contributed by atoms with Gasteiger partial charge in [0.2, 0.25) is 5.91 Å². The molecule has 0 spiro atoms. The number of fused-ring (bicyclic) bond motifs is 1. The number of nitrogens with two attached hydrogens (primary N) is 1. The minimum absolute atomic E-state index is 0.137. The topological polar surface area (TPSA) is 71.5 Å². The third kappa shape index (κ3) is 3.58. The normalized spacial score (nSPS) is 17.6. The number of primary amides is 1. The number of carbonyl (C=O) groups is 1. The smallest absolute Gasteiger partial charge is 0.234 e. The van der Waals surface area contributed by atoms with E-state index in [1.807, 2.05) is 36.4 Å². The standard InChI is InChI=1S/C21H23N3O2/c22-21(25)19-8-4-10-24(19)14-15-5-3-7-17(11-15)23-13-18-12-16-6-1-2-9-20(16)26-18/h1-3,5-7,9,11-12,19,23H,4,8,10,13-14H2,(H2,22,25). The molecule has 2 heterocycles. The summed E-state index contributed by atoms with van der Waals surface area (Å²) in [6.07, 6.45) is 1.89. The zero-order valence-electron chi connectivity index (χ0n) is 14.7. The van der Waals surface area contributed by atoms with Crippen LogP contribution in [0.5, 0.6) is 0 Å². The molecule has 1 aliphatic rings. The van der Waals surface area contributed by atoms with Gasteiger partial charge in [0, 0.05) is 17.6 Å². The maximum absolute atomic E-state index is 11.6. The third-order valence-corrected chi connectivity index (χ3v) is 4.95. The van der Waals surface area contributed by atoms with Crippen molar-refractivity contribution in [1.29, 1.82) is 0 Å². The lowest BCUT2D eigenvalue weighted by Gasteiger charge is -2.22. The number of nitrogens with one attached hydrogen (secondary N) is 1. The lowest BCUT2D eigenvalue weighted by molar-refractivity contribution is -0.122. The van der Waals surface area contributed by atoms with Gasteiger partial charge in [-0.15, -0.1) is 0 Å². The van der Waals surface area contributed by atoms with Crippen molar-refractivity contribution in [3.05, 3.63) is 65.9 Å². The van der Waals surface area contributed by atoms with E-state index in [0.717, 1.165) is 48.3 Å². The molecule has 4 rings (SSSR count). The quantitative estimate of drug-likeness (QED) is 0.714. The Labute approximate surface area is 152 Å². The fraction of sp³-hybridized carbons (Fsp3) is 0.286. The van der Waals surface area contributed by atoms with E-state index in [0.29, 0.717) is 6.54 Å². The summed E-state index contributed by atoms with van der Waals surface area (Å²) in [6, 6.07) is 18.2. The number of likely N-dealkylation sites (tertiary alicyclic amines) is 1. The van der Waals surface area contributed by atoms with E-state index in [9.17, 15) is 4.79 Å². The molecule has 2 aromatic carbocycles. The Morgan fingerprint density at radius 2 is 2.08 bits per heavy atom. The fourth-order valence-electron chi connectivity index (χ4n) is 3.66. The van der Waals surface area contributed by atoms with Gasteiger partial charge in [-0.3, -0.25) is 9.69 Å². The molecule has 5 nitrogen and oxygen atoms in total. The molecular weight excluding hydrogens is 326 g/mol. The van der Waals surface area contributed by atoms with E-state index in [2.05, 4.69) is 28.4 Å². The lowest BCUT2D eigenvalue weighted by atomic mass is 10.1. The first-order valence-electron chi connectivity index (χ1n) is 9.03. The van der Waals surface area contributed by atoms with Gasteiger partial charge in [0.15, 0.2) is 0 Å². The van der Waals surface area contributed by atoms with Gasteiger partial charge < -0.3 is 15.5 Å². The van der Waals surface area contributed by atoms with Crippen molar-refractivity contribution in [3.8, 4) is 0 Å². The lowest BCUT2D eigenvalue weighted by Crippen LogP contribution is -2.39. The highest BCUT2D eigenvalue weighted by Crippen LogP contribution is 2.22. The number of anilines is 1. The van der Waals surface area contributed by atoms with Crippen LogP contribution in [0.2, 0.25) is 0 Å². The predicted molar refractivity (Wildman–Crippen MR) is 103 cm³/mol. The molecule has 1 amide bonds. The summed E-state index contributed by atoms with van der Waals surface area (Å²) in [6.45, 7) is 2.30. The molecule has 1 unspecified atom stereocenters. The molecule has 26 heavy (non-hydrogen) atoms. The third-order valence-electron chi connectivity index (χ3n) is 4.95. The molecule has 1 atom stereocenters. The summed E-state index contributed by atoms with van der Waals surface area (Å²) in [4.78, 5) is 13.7. The van der Waals surface area contributed by atoms with Crippen molar-refractivity contribution in [1.82, 2.24) is 4.90 Å². The van der Waals surface area contributed by atoms with Crippen LogP contribution in [0.25, 0.3) is 11.0 Å². The Balaban J connectivity index is 1.41. The average Bonchev–Trinajstić information content (AvgIpc) is 3.26. The second-order valence-electron chi connectivity index (χ2n) is 6.84. The van der Waals surface area contributed by atoms with Crippen LogP contribution in [-0.4, -0.2) is 23.4 Å². The average molecular weight is 349 g/mol. The van der Waals surface area contributed by atoms with Gasteiger partial charge in [0.05, 0.1) is 12.6 Å². The summed E-state index contributed by atoms with van der Waals surface area (Å²) >= 11 is 0. The number of furan rings is 1. The predicted octanol–water partition coefficient (Wildman–Crippen LogP) is 3.49. The minimum atomic E-state index is -0.221. The molecule has 0 radical (unpaired) electrons. The Hall–Kier alpha value is -2.79. The van der Waals surface area contributed by atoms with Crippen molar-refractivity contribution in [2.75, 3.05) is 11.9 Å². The molecule has 0 aliphatic carbocycles. The minimum Gasteiger partial charge on any atom is -0.459 e. The molecule has 1 aliphatic heterocycles. The maximum Gasteiger partial charge on any atom is 0.234 e. The second-order valence-corrected chi connectivity index (χ2v) is 6.84. The summed E-state index contributed by atoms with van der Waals surface area (Å²) in [5.74, 6) is 0.687. The summed E-state index contributed by atoms with van der Waals surface area (Å²) in [5.41, 5.74) is 8.63. The van der Waals surface area contributed by atoms with Gasteiger partial charge in [0.25, 0.3) is 0 Å². The van der Waals surface area contributed by atoms with Crippen LogP contribution in [0.4, 0.5) is 5.69 Å². The highest BCUT2D eigenvalue weighted by Gasteiger charge is 2.28. The number of rotatable bonds is 6. The van der Waals surface area contributed by atoms with Gasteiger partial charge in [-0.05, 0) is 49.2 Å². The van der Waals surface area contributed by atoms with Crippen LogP contribution < -0.4 is 11.1 Å². The molecule has 3 N–H and O–H groups in total. The van der Waals surface area contributed by atoms with Gasteiger partial charge in [0.1, 0.15) is 11.3 Å². The Morgan fingerprint density at radius 1 is 1.19 bits per heavy atom. The number of nitrogens with zero attached hydrogens (tertiary/aromatic N) is 1. The Kier molecular flexibility index (Phi) is 4.63. The summed E-state index contributed by atoms with van der Waals surface area (Å²) in [5, 5.41) is 4.53. The molecule has 5 heteroatoms. The zero-order valence-corrected chi connectivity index (χ0v) is 14.7. The number of hydrogen-bond donors (Lipinski definition) is 2. The van der Waals surface area contributed by atoms with E-state index in [1.54, 1.807) is 0 Å². The van der Waals surface area contributed by atoms with E-state index >= 15 is 0 Å². The summed E-state index contributed by atoms with van der Waals surface area (Å²) in [7, 11) is 0. The molecule has 1 saturated heterocycles. The number of amides is 1. The van der Waals surface area contributed by atoms with Crippen molar-refractivity contribution in [3.63, 3.8) is 0 Å². The molecule has 0 saturated carbocycles. The molecule has 0 bridgehead atoms. The maximum atomic E-state index is 11.6. The highest BCUT2D eigenvalue weighted by atomic mass is 16.3. The fourth-order valence-corrected chi connectivity index (χ4v) is 3.66. The van der Waals surface area contributed by atoms with Crippen LogP contribution in [0, 0.1) is 0 Å². The number of benzene rings is 2. The van der Waals surface area contributed by atoms with Gasteiger partial charge >= 0.3 is 0 Å². The van der Waals surface area contributed by atoms with Crippen molar-refractivity contribution in [2.45, 2.75) is 32.0 Å². The van der Waals surface area contributed by atoms with Crippen LogP contribution >= 0.6 is 0 Å². The second kappa shape index (κ2) is 7.22. The first-order valence-corrected chi connectivity index (χ1v) is 9.03. The van der Waals surface area contributed by atoms with E-state index in [4.69, 9.17) is 10.2 Å². The van der Waals surface area contributed by atoms with E-state index < -0.39 is 0 Å². The largest absolute Gasteiger partial charge is 0.459 e. The number of hydrogen-bond acceptors (Lipinski definition) is 4. The first-order chi connectivity index (χ1) is 12.7. The van der Waals surface area contributed by atoms with E-state index in [1.165, 1.54) is 5.56 Å². The zero-order chi connectivity index (χ0) is 17.9. The number of para-hydroxylation sites is 1. The Morgan fingerprint density at radius 3 is 2.92 bits per heavy atom. The van der Waals surface area contributed by atoms with Crippen LogP contribution in [-0.2, 0) is 17.9 Å². The Bertz CT molecular complexity index is 885. The van der Waals surface area contributed by atoms with Gasteiger partial charge in [-0.1, -0.05) is 30.3 Å². The van der Waals surface area contributed by atoms with Crippen LogP contribution in [0.3, 0.4) is 0 Å². The molecule has 3 aromatic rings. The molecular formula is C21H23N3O2. The molecule has 1 aromatic heterocycles. The van der Waals surface area contributed by atoms with Crippen LogP contribution in [0.1, 0.15) is 24.2 Å².